The zero-order valence-electron chi connectivity index (χ0n) is 20.1. The highest BCUT2D eigenvalue weighted by atomic mass is 35.5. The molecule has 3 rings (SSSR count). The van der Waals surface area contributed by atoms with Crippen molar-refractivity contribution in [3.8, 4) is 0 Å². The molecule has 1 saturated heterocycles. The quantitative estimate of drug-likeness (QED) is 0.331. The summed E-state index contributed by atoms with van der Waals surface area (Å²) in [5.74, 6) is 0.226. The Bertz CT molecular complexity index is 1120. The number of aromatic nitrogens is 1. The molecule has 1 aliphatic rings. The lowest BCUT2D eigenvalue weighted by molar-refractivity contribution is -0.137. The van der Waals surface area contributed by atoms with Crippen molar-refractivity contribution in [1.29, 1.82) is 0 Å². The summed E-state index contributed by atoms with van der Waals surface area (Å²) in [6.45, 7) is 8.54. The first kappa shape index (κ1) is 27.3. The lowest BCUT2D eigenvalue weighted by Crippen LogP contribution is -2.44. The van der Waals surface area contributed by atoms with Crippen LogP contribution in [0.1, 0.15) is 43.4 Å². The number of amides is 1. The van der Waals surface area contributed by atoms with Gasteiger partial charge in [-0.1, -0.05) is 23.7 Å². The Labute approximate surface area is 213 Å². The van der Waals surface area contributed by atoms with E-state index in [0.29, 0.717) is 47.8 Å². The molecule has 0 radical (unpaired) electrons. The summed E-state index contributed by atoms with van der Waals surface area (Å²) in [7, 11) is 0. The van der Waals surface area contributed by atoms with E-state index in [9.17, 15) is 18.0 Å². The third kappa shape index (κ3) is 7.36. The number of hydrogen-bond donors (Lipinski definition) is 1. The summed E-state index contributed by atoms with van der Waals surface area (Å²) >= 11 is 6.25. The van der Waals surface area contributed by atoms with Gasteiger partial charge in [0.2, 0.25) is 11.9 Å². The second-order valence-corrected chi connectivity index (χ2v) is 9.16. The summed E-state index contributed by atoms with van der Waals surface area (Å²) in [5, 5.41) is 12.0. The van der Waals surface area contributed by atoms with Gasteiger partial charge in [0.15, 0.2) is 0 Å². The molecule has 0 bridgehead atoms. The summed E-state index contributed by atoms with van der Waals surface area (Å²) in [6.07, 6.45) is 0.106. The van der Waals surface area contributed by atoms with Crippen LogP contribution >= 0.6 is 11.6 Å². The van der Waals surface area contributed by atoms with Gasteiger partial charge in [-0.05, 0) is 62.7 Å². The second-order valence-electron chi connectivity index (χ2n) is 8.75. The van der Waals surface area contributed by atoms with Crippen LogP contribution in [0, 0.1) is 5.92 Å². The molecule has 1 fully saturated rings. The Kier molecular flexibility index (Phi) is 9.19. The zero-order chi connectivity index (χ0) is 26.3. The number of aliphatic imine (C=N–C) groups is 1. The van der Waals surface area contributed by atoms with Crippen molar-refractivity contribution in [2.24, 2.45) is 21.1 Å². The number of likely N-dealkylation sites (tertiary alicyclic amines) is 1. The van der Waals surface area contributed by atoms with Crippen LogP contribution in [0.25, 0.3) is 0 Å². The van der Waals surface area contributed by atoms with Crippen LogP contribution in [0.15, 0.2) is 57.9 Å². The van der Waals surface area contributed by atoms with E-state index in [1.54, 1.807) is 12.3 Å². The van der Waals surface area contributed by atoms with Crippen molar-refractivity contribution < 1.29 is 18.0 Å². The van der Waals surface area contributed by atoms with Crippen LogP contribution in [0.3, 0.4) is 0 Å². The monoisotopic (exact) mass is 520 g/mol. The number of nitrogens with zero attached hydrogens (tertiary/aromatic N) is 5. The van der Waals surface area contributed by atoms with Gasteiger partial charge in [0.05, 0.1) is 16.3 Å². The van der Waals surface area contributed by atoms with E-state index in [1.165, 1.54) is 18.3 Å². The minimum atomic E-state index is -4.44. The van der Waals surface area contributed by atoms with Crippen molar-refractivity contribution >= 4 is 35.9 Å². The summed E-state index contributed by atoms with van der Waals surface area (Å²) in [6, 6.07) is 6.50. The van der Waals surface area contributed by atoms with Gasteiger partial charge in [0, 0.05) is 43.9 Å². The minimum absolute atomic E-state index is 0.0338. The number of rotatable bonds is 6. The average molecular weight is 521 g/mol. The predicted molar refractivity (Wildman–Crippen MR) is 135 cm³/mol. The molecule has 1 N–H and O–H groups in total. The number of piperidine rings is 1. The first-order chi connectivity index (χ1) is 17.1. The Morgan fingerprint density at radius 3 is 2.42 bits per heavy atom. The van der Waals surface area contributed by atoms with E-state index in [-0.39, 0.29) is 30.2 Å². The van der Waals surface area contributed by atoms with E-state index >= 15 is 0 Å². The van der Waals surface area contributed by atoms with Gasteiger partial charge in [-0.15, -0.1) is 5.10 Å². The molecule has 2 heterocycles. The van der Waals surface area contributed by atoms with Crippen molar-refractivity contribution in [2.45, 2.75) is 45.3 Å². The van der Waals surface area contributed by atoms with E-state index in [1.807, 2.05) is 18.7 Å². The van der Waals surface area contributed by atoms with Crippen molar-refractivity contribution in [2.75, 3.05) is 13.1 Å². The molecule has 0 spiro atoms. The third-order valence-corrected chi connectivity index (χ3v) is 6.08. The number of nitrogens with one attached hydrogen (secondary N) is 1. The number of benzene rings is 1. The number of alkyl halides is 3. The molecule has 1 aromatic heterocycles. The first-order valence-electron chi connectivity index (χ1n) is 11.5. The van der Waals surface area contributed by atoms with E-state index < -0.39 is 11.7 Å². The van der Waals surface area contributed by atoms with Crippen LogP contribution in [-0.4, -0.2) is 53.3 Å². The van der Waals surface area contributed by atoms with Gasteiger partial charge < -0.3 is 10.2 Å². The fourth-order valence-corrected chi connectivity index (χ4v) is 4.00. The van der Waals surface area contributed by atoms with Gasteiger partial charge in [-0.25, -0.2) is 4.99 Å². The number of pyridine rings is 1. The van der Waals surface area contributed by atoms with Gasteiger partial charge in [-0.3, -0.25) is 9.78 Å². The molecule has 0 saturated carbocycles. The SMILES string of the molecule is C=N/C(=N\N=C(/Cc1ccncc1Cl)c1ccc(C(F)(F)F)cc1)N1CCC(C(=O)NC(C)C)CC1. The van der Waals surface area contributed by atoms with Gasteiger partial charge >= 0.3 is 6.18 Å². The molecular formula is C25H28ClF3N6O. The molecule has 1 aromatic carbocycles. The van der Waals surface area contributed by atoms with Crippen LogP contribution in [0.5, 0.6) is 0 Å². The third-order valence-electron chi connectivity index (χ3n) is 5.74. The molecule has 11 heteroatoms. The van der Waals surface area contributed by atoms with Crippen LogP contribution in [-0.2, 0) is 17.4 Å². The van der Waals surface area contributed by atoms with Crippen molar-refractivity contribution in [3.05, 3.63) is 64.4 Å². The molecule has 7 nitrogen and oxygen atoms in total. The van der Waals surface area contributed by atoms with Gasteiger partial charge in [0.1, 0.15) is 0 Å². The maximum Gasteiger partial charge on any atom is 0.416 e. The standard InChI is InChI=1S/C25H28ClF3N6O/c1-16(2)32-23(36)18-9-12-35(13-10-18)24(30-3)34-33-22(14-19-8-11-31-15-21(19)26)17-4-6-20(7-5-17)25(27,28)29/h4-8,11,15-16,18H,3,9-10,12-14H2,1-2H3,(H,32,36)/b33-22+,34-24+. The second kappa shape index (κ2) is 12.1. The largest absolute Gasteiger partial charge is 0.416 e. The Morgan fingerprint density at radius 1 is 1.19 bits per heavy atom. The predicted octanol–water partition coefficient (Wildman–Crippen LogP) is 4.99. The topological polar surface area (TPSA) is 82.3 Å². The zero-order valence-corrected chi connectivity index (χ0v) is 20.9. The van der Waals surface area contributed by atoms with Crippen LogP contribution in [0.4, 0.5) is 13.2 Å². The maximum absolute atomic E-state index is 13.0. The minimum Gasteiger partial charge on any atom is -0.354 e. The lowest BCUT2D eigenvalue weighted by Gasteiger charge is -2.31. The Morgan fingerprint density at radius 2 is 1.86 bits per heavy atom. The molecule has 1 aliphatic heterocycles. The summed E-state index contributed by atoms with van der Waals surface area (Å²) in [4.78, 5) is 22.2. The van der Waals surface area contributed by atoms with Gasteiger partial charge in [-0.2, -0.15) is 18.3 Å². The molecule has 2 aromatic rings. The summed E-state index contributed by atoms with van der Waals surface area (Å²) in [5.41, 5.74) is 0.816. The number of carbonyl (C=O) groups is 1. The average Bonchev–Trinajstić information content (AvgIpc) is 2.84. The molecule has 192 valence electrons. The Hall–Kier alpha value is -3.27. The first-order valence-corrected chi connectivity index (χ1v) is 11.9. The molecular weight excluding hydrogens is 493 g/mol. The Balaban J connectivity index is 1.84. The maximum atomic E-state index is 13.0. The van der Waals surface area contributed by atoms with Crippen molar-refractivity contribution in [3.63, 3.8) is 0 Å². The van der Waals surface area contributed by atoms with E-state index in [2.05, 4.69) is 32.2 Å². The highest BCUT2D eigenvalue weighted by Crippen LogP contribution is 2.29. The highest BCUT2D eigenvalue weighted by Gasteiger charge is 2.30. The van der Waals surface area contributed by atoms with Crippen LogP contribution in [0.2, 0.25) is 5.02 Å². The fraction of sp³-hybridized carbons (Fsp3) is 0.400. The number of guanidine groups is 1. The smallest absolute Gasteiger partial charge is 0.354 e. The number of carbonyl (C=O) groups excluding carboxylic acids is 1. The normalized spacial score (nSPS) is 15.8. The molecule has 1 amide bonds. The van der Waals surface area contributed by atoms with E-state index in [0.717, 1.165) is 12.1 Å². The molecule has 0 unspecified atom stereocenters. The number of hydrogen-bond acceptors (Lipinski definition) is 4. The summed E-state index contributed by atoms with van der Waals surface area (Å²) < 4.78 is 39.1. The molecule has 36 heavy (non-hydrogen) atoms. The fourth-order valence-electron chi connectivity index (χ4n) is 3.82. The lowest BCUT2D eigenvalue weighted by atomic mass is 9.96. The number of halogens is 4. The molecule has 0 atom stereocenters. The molecule has 0 aliphatic carbocycles. The van der Waals surface area contributed by atoms with Crippen molar-refractivity contribution in [1.82, 2.24) is 15.2 Å². The van der Waals surface area contributed by atoms with E-state index in [4.69, 9.17) is 11.6 Å². The van der Waals surface area contributed by atoms with Gasteiger partial charge in [0.25, 0.3) is 0 Å². The van der Waals surface area contributed by atoms with Crippen LogP contribution < -0.4 is 5.32 Å². The highest BCUT2D eigenvalue weighted by molar-refractivity contribution is 6.31.